The summed E-state index contributed by atoms with van der Waals surface area (Å²) in [4.78, 5) is 25.8. The van der Waals surface area contributed by atoms with E-state index >= 15 is 0 Å². The summed E-state index contributed by atoms with van der Waals surface area (Å²) in [5.74, 6) is -0.677. The van der Waals surface area contributed by atoms with Crippen molar-refractivity contribution < 1.29 is 18.3 Å². The number of fused-ring (bicyclic) bond motifs is 1. The largest absolute Gasteiger partial charge is 0.489 e. The smallest absolute Gasteiger partial charge is 0.417 e. The van der Waals surface area contributed by atoms with Crippen molar-refractivity contribution >= 4 is 17.0 Å². The molecule has 124 valence electrons. The molecule has 1 amide bonds. The van der Waals surface area contributed by atoms with Crippen molar-refractivity contribution in [1.82, 2.24) is 10.3 Å². The zero-order valence-electron chi connectivity index (χ0n) is 12.8. The molecule has 0 aliphatic carbocycles. The SMILES string of the molecule is CC(CNC(=O)c1ccc2oc(=O)[nH]c2c1)Oc1ccc(F)cc1. The Kier molecular flexibility index (Phi) is 4.33. The number of H-pyrrole nitrogens is 1. The third kappa shape index (κ3) is 3.62. The fraction of sp³-hybridized carbons (Fsp3) is 0.176. The topological polar surface area (TPSA) is 84.3 Å². The van der Waals surface area contributed by atoms with Gasteiger partial charge in [-0.2, -0.15) is 0 Å². The van der Waals surface area contributed by atoms with Crippen LogP contribution in [0.15, 0.2) is 51.7 Å². The van der Waals surface area contributed by atoms with E-state index in [9.17, 15) is 14.0 Å². The first kappa shape index (κ1) is 15.8. The fourth-order valence-electron chi connectivity index (χ4n) is 2.22. The standard InChI is InChI=1S/C17H15FN2O4/c1-10(23-13-5-3-12(18)4-6-13)9-19-16(21)11-2-7-15-14(8-11)20-17(22)24-15/h2-8,10H,9H2,1H3,(H,19,21)(H,20,22). The van der Waals surface area contributed by atoms with E-state index in [1.165, 1.54) is 24.3 Å². The van der Waals surface area contributed by atoms with Crippen LogP contribution >= 0.6 is 0 Å². The molecular weight excluding hydrogens is 315 g/mol. The maximum absolute atomic E-state index is 12.8. The lowest BCUT2D eigenvalue weighted by molar-refractivity contribution is 0.0932. The second-order valence-corrected chi connectivity index (χ2v) is 5.32. The lowest BCUT2D eigenvalue weighted by atomic mass is 10.2. The Balaban J connectivity index is 1.59. The molecule has 2 aromatic carbocycles. The summed E-state index contributed by atoms with van der Waals surface area (Å²) >= 11 is 0. The first-order valence-electron chi connectivity index (χ1n) is 7.34. The van der Waals surface area contributed by atoms with Gasteiger partial charge >= 0.3 is 5.76 Å². The lowest BCUT2D eigenvalue weighted by Gasteiger charge is -2.15. The number of aromatic amines is 1. The van der Waals surface area contributed by atoms with Gasteiger partial charge in [-0.15, -0.1) is 0 Å². The Bertz CT molecular complexity index is 914. The highest BCUT2D eigenvalue weighted by Crippen LogP contribution is 2.14. The number of rotatable bonds is 5. The van der Waals surface area contributed by atoms with Gasteiger partial charge < -0.3 is 14.5 Å². The second-order valence-electron chi connectivity index (χ2n) is 5.32. The van der Waals surface area contributed by atoms with Crippen LogP contribution in [-0.2, 0) is 0 Å². The molecule has 3 rings (SSSR count). The van der Waals surface area contributed by atoms with Crippen LogP contribution in [0.1, 0.15) is 17.3 Å². The molecule has 0 spiro atoms. The van der Waals surface area contributed by atoms with Gasteiger partial charge in [0.05, 0.1) is 12.1 Å². The van der Waals surface area contributed by atoms with Crippen LogP contribution in [0, 0.1) is 5.82 Å². The Labute approximate surface area is 136 Å². The molecule has 2 N–H and O–H groups in total. The van der Waals surface area contributed by atoms with Crippen LogP contribution in [-0.4, -0.2) is 23.5 Å². The monoisotopic (exact) mass is 330 g/mol. The Morgan fingerprint density at radius 3 is 2.79 bits per heavy atom. The minimum atomic E-state index is -0.566. The number of ether oxygens (including phenoxy) is 1. The van der Waals surface area contributed by atoms with E-state index in [-0.39, 0.29) is 24.4 Å². The summed E-state index contributed by atoms with van der Waals surface area (Å²) in [7, 11) is 0. The van der Waals surface area contributed by atoms with Gasteiger partial charge in [0.2, 0.25) is 0 Å². The molecule has 1 aromatic heterocycles. The number of hydrogen-bond acceptors (Lipinski definition) is 4. The average Bonchev–Trinajstić information content (AvgIpc) is 2.94. The number of aromatic nitrogens is 1. The lowest BCUT2D eigenvalue weighted by Crippen LogP contribution is -2.33. The van der Waals surface area contributed by atoms with Crippen LogP contribution in [0.4, 0.5) is 4.39 Å². The molecule has 1 heterocycles. The molecular formula is C17H15FN2O4. The first-order valence-corrected chi connectivity index (χ1v) is 7.34. The van der Waals surface area contributed by atoms with Crippen LogP contribution in [0.5, 0.6) is 5.75 Å². The average molecular weight is 330 g/mol. The predicted molar refractivity (Wildman–Crippen MR) is 85.7 cm³/mol. The normalized spacial score (nSPS) is 12.1. The highest BCUT2D eigenvalue weighted by Gasteiger charge is 2.11. The Hall–Kier alpha value is -3.09. The zero-order valence-corrected chi connectivity index (χ0v) is 12.8. The molecule has 0 saturated carbocycles. The van der Waals surface area contributed by atoms with E-state index in [1.54, 1.807) is 25.1 Å². The van der Waals surface area contributed by atoms with Gasteiger partial charge in [-0.1, -0.05) is 0 Å². The van der Waals surface area contributed by atoms with Crippen molar-refractivity contribution in [3.8, 4) is 5.75 Å². The summed E-state index contributed by atoms with van der Waals surface area (Å²) in [6, 6.07) is 10.3. The van der Waals surface area contributed by atoms with Crippen LogP contribution in [0.25, 0.3) is 11.1 Å². The van der Waals surface area contributed by atoms with Gasteiger partial charge in [0.15, 0.2) is 5.58 Å². The summed E-state index contributed by atoms with van der Waals surface area (Å²) in [5, 5.41) is 2.74. The van der Waals surface area contributed by atoms with Crippen molar-refractivity contribution in [2.24, 2.45) is 0 Å². The van der Waals surface area contributed by atoms with Crippen molar-refractivity contribution in [3.05, 3.63) is 64.4 Å². The predicted octanol–water partition coefficient (Wildman–Crippen LogP) is 2.46. The number of benzene rings is 2. The molecule has 0 aliphatic rings. The van der Waals surface area contributed by atoms with E-state index in [0.717, 1.165) is 0 Å². The summed E-state index contributed by atoms with van der Waals surface area (Å²) in [5.41, 5.74) is 1.25. The number of halogens is 1. The van der Waals surface area contributed by atoms with E-state index in [4.69, 9.17) is 9.15 Å². The van der Waals surface area contributed by atoms with Gasteiger partial charge in [-0.25, -0.2) is 9.18 Å². The van der Waals surface area contributed by atoms with E-state index in [2.05, 4.69) is 10.3 Å². The molecule has 7 heteroatoms. The molecule has 0 saturated heterocycles. The summed E-state index contributed by atoms with van der Waals surface area (Å²) < 4.78 is 23.3. The molecule has 0 aliphatic heterocycles. The van der Waals surface area contributed by atoms with E-state index in [1.807, 2.05) is 0 Å². The first-order chi connectivity index (χ1) is 11.5. The van der Waals surface area contributed by atoms with Gasteiger partial charge in [-0.05, 0) is 49.4 Å². The van der Waals surface area contributed by atoms with E-state index in [0.29, 0.717) is 22.4 Å². The number of carbonyl (C=O) groups excluding carboxylic acids is 1. The molecule has 3 aromatic rings. The third-order valence-electron chi connectivity index (χ3n) is 3.38. The molecule has 0 radical (unpaired) electrons. The van der Waals surface area contributed by atoms with Gasteiger partial charge in [0.25, 0.3) is 5.91 Å². The van der Waals surface area contributed by atoms with Crippen LogP contribution in [0.2, 0.25) is 0 Å². The molecule has 24 heavy (non-hydrogen) atoms. The number of hydrogen-bond donors (Lipinski definition) is 2. The van der Waals surface area contributed by atoms with E-state index < -0.39 is 5.76 Å². The quantitative estimate of drug-likeness (QED) is 0.752. The number of carbonyl (C=O) groups is 1. The summed E-state index contributed by atoms with van der Waals surface area (Å²) in [6.07, 6.45) is -0.295. The minimum Gasteiger partial charge on any atom is -0.489 e. The molecule has 0 bridgehead atoms. The fourth-order valence-corrected chi connectivity index (χ4v) is 2.22. The molecule has 6 nitrogen and oxygen atoms in total. The zero-order chi connectivity index (χ0) is 17.1. The summed E-state index contributed by atoms with van der Waals surface area (Å²) in [6.45, 7) is 2.07. The highest BCUT2D eigenvalue weighted by atomic mass is 19.1. The highest BCUT2D eigenvalue weighted by molar-refractivity contribution is 5.97. The molecule has 0 fully saturated rings. The second kappa shape index (κ2) is 6.57. The minimum absolute atomic E-state index is 0.274. The Morgan fingerprint density at radius 1 is 1.29 bits per heavy atom. The van der Waals surface area contributed by atoms with Crippen molar-refractivity contribution in [1.29, 1.82) is 0 Å². The maximum atomic E-state index is 12.8. The van der Waals surface area contributed by atoms with Gasteiger partial charge in [-0.3, -0.25) is 9.78 Å². The van der Waals surface area contributed by atoms with Crippen molar-refractivity contribution in [3.63, 3.8) is 0 Å². The number of oxazole rings is 1. The maximum Gasteiger partial charge on any atom is 0.417 e. The van der Waals surface area contributed by atoms with Crippen LogP contribution in [0.3, 0.4) is 0 Å². The molecule has 1 unspecified atom stereocenters. The number of amides is 1. The van der Waals surface area contributed by atoms with Gasteiger partial charge in [0.1, 0.15) is 17.7 Å². The molecule has 1 atom stereocenters. The Morgan fingerprint density at radius 2 is 2.04 bits per heavy atom. The number of nitrogens with one attached hydrogen (secondary N) is 2. The van der Waals surface area contributed by atoms with Crippen LogP contribution < -0.4 is 15.8 Å². The third-order valence-corrected chi connectivity index (χ3v) is 3.38. The van der Waals surface area contributed by atoms with Gasteiger partial charge in [0, 0.05) is 5.56 Å². The van der Waals surface area contributed by atoms with Crippen molar-refractivity contribution in [2.45, 2.75) is 13.0 Å². The van der Waals surface area contributed by atoms with Crippen molar-refractivity contribution in [2.75, 3.05) is 6.54 Å².